The van der Waals surface area contributed by atoms with Crippen molar-refractivity contribution in [2.24, 2.45) is 5.92 Å². The largest absolute Gasteiger partial charge is 0.340 e. The Balaban J connectivity index is 1.98. The highest BCUT2D eigenvalue weighted by Gasteiger charge is 2.23. The zero-order valence-electron chi connectivity index (χ0n) is 8.55. The SMILES string of the molecule is CCC1CCC(c2n[nH]c(=O)[nH]2)CC1. The second-order valence-electron chi connectivity index (χ2n) is 4.19. The predicted octanol–water partition coefficient (Wildman–Crippen LogP) is 1.78. The molecule has 78 valence electrons. The van der Waals surface area contributed by atoms with Gasteiger partial charge in [0, 0.05) is 5.92 Å². The van der Waals surface area contributed by atoms with E-state index >= 15 is 0 Å². The van der Waals surface area contributed by atoms with Gasteiger partial charge in [-0.3, -0.25) is 4.98 Å². The van der Waals surface area contributed by atoms with Crippen LogP contribution in [-0.2, 0) is 0 Å². The topological polar surface area (TPSA) is 61.5 Å². The van der Waals surface area contributed by atoms with Crippen molar-refractivity contribution in [2.75, 3.05) is 0 Å². The summed E-state index contributed by atoms with van der Waals surface area (Å²) < 4.78 is 0. The normalized spacial score (nSPS) is 27.8. The van der Waals surface area contributed by atoms with E-state index in [0.29, 0.717) is 5.92 Å². The molecule has 2 N–H and O–H groups in total. The first-order chi connectivity index (χ1) is 6.79. The third kappa shape index (κ3) is 1.89. The average Bonchev–Trinajstić information content (AvgIpc) is 2.65. The number of aromatic amines is 2. The van der Waals surface area contributed by atoms with Crippen molar-refractivity contribution in [3.63, 3.8) is 0 Å². The predicted molar refractivity (Wildman–Crippen MR) is 54.2 cm³/mol. The molecule has 0 saturated heterocycles. The number of hydrogen-bond acceptors (Lipinski definition) is 2. The Hall–Kier alpha value is -1.06. The fraction of sp³-hybridized carbons (Fsp3) is 0.800. The fourth-order valence-electron chi connectivity index (χ4n) is 2.32. The van der Waals surface area contributed by atoms with Gasteiger partial charge in [-0.15, -0.1) is 0 Å². The molecule has 1 fully saturated rings. The number of H-pyrrole nitrogens is 2. The van der Waals surface area contributed by atoms with Crippen LogP contribution in [0.4, 0.5) is 0 Å². The summed E-state index contributed by atoms with van der Waals surface area (Å²) in [6.45, 7) is 2.25. The van der Waals surface area contributed by atoms with E-state index in [4.69, 9.17) is 0 Å². The van der Waals surface area contributed by atoms with Gasteiger partial charge >= 0.3 is 5.69 Å². The zero-order valence-corrected chi connectivity index (χ0v) is 8.55. The molecule has 0 bridgehead atoms. The van der Waals surface area contributed by atoms with Crippen LogP contribution in [0, 0.1) is 5.92 Å². The Labute approximate surface area is 83.1 Å². The van der Waals surface area contributed by atoms with Crippen LogP contribution < -0.4 is 5.69 Å². The molecule has 1 aromatic heterocycles. The van der Waals surface area contributed by atoms with Crippen LogP contribution in [0.25, 0.3) is 0 Å². The van der Waals surface area contributed by atoms with Crippen molar-refractivity contribution in [3.8, 4) is 0 Å². The van der Waals surface area contributed by atoms with E-state index in [-0.39, 0.29) is 5.69 Å². The lowest BCUT2D eigenvalue weighted by Gasteiger charge is -2.25. The van der Waals surface area contributed by atoms with Gasteiger partial charge in [0.15, 0.2) is 0 Å². The second kappa shape index (κ2) is 3.98. The first kappa shape index (κ1) is 9.49. The highest BCUT2D eigenvalue weighted by atomic mass is 16.1. The van der Waals surface area contributed by atoms with Crippen molar-refractivity contribution >= 4 is 0 Å². The van der Waals surface area contributed by atoms with Crippen molar-refractivity contribution in [3.05, 3.63) is 16.3 Å². The Kier molecular flexibility index (Phi) is 2.70. The van der Waals surface area contributed by atoms with Crippen LogP contribution in [0.2, 0.25) is 0 Å². The van der Waals surface area contributed by atoms with Gasteiger partial charge in [0.05, 0.1) is 0 Å². The molecule has 0 aromatic carbocycles. The molecule has 0 spiro atoms. The van der Waals surface area contributed by atoms with Gasteiger partial charge in [-0.05, 0) is 31.6 Å². The van der Waals surface area contributed by atoms with E-state index in [9.17, 15) is 4.79 Å². The van der Waals surface area contributed by atoms with Crippen molar-refractivity contribution in [1.82, 2.24) is 15.2 Å². The summed E-state index contributed by atoms with van der Waals surface area (Å²) >= 11 is 0. The van der Waals surface area contributed by atoms with Crippen molar-refractivity contribution in [1.29, 1.82) is 0 Å². The van der Waals surface area contributed by atoms with Crippen molar-refractivity contribution in [2.45, 2.75) is 44.9 Å². The number of hydrogen-bond donors (Lipinski definition) is 2. The van der Waals surface area contributed by atoms with Gasteiger partial charge < -0.3 is 0 Å². The van der Waals surface area contributed by atoms with Crippen LogP contribution in [0.15, 0.2) is 4.79 Å². The van der Waals surface area contributed by atoms with Crippen LogP contribution in [0.1, 0.15) is 50.8 Å². The third-order valence-corrected chi connectivity index (χ3v) is 3.33. The van der Waals surface area contributed by atoms with Gasteiger partial charge in [0.25, 0.3) is 0 Å². The van der Waals surface area contributed by atoms with Crippen molar-refractivity contribution < 1.29 is 0 Å². The number of rotatable bonds is 2. The van der Waals surface area contributed by atoms with E-state index in [0.717, 1.165) is 11.7 Å². The summed E-state index contributed by atoms with van der Waals surface area (Å²) in [4.78, 5) is 13.6. The summed E-state index contributed by atoms with van der Waals surface area (Å²) in [6.07, 6.45) is 6.16. The summed E-state index contributed by atoms with van der Waals surface area (Å²) in [7, 11) is 0. The Bertz CT molecular complexity index is 333. The lowest BCUT2D eigenvalue weighted by atomic mass is 9.80. The number of aromatic nitrogens is 3. The molecule has 4 nitrogen and oxygen atoms in total. The van der Waals surface area contributed by atoms with Crippen LogP contribution in [0.3, 0.4) is 0 Å². The molecule has 1 aromatic rings. The quantitative estimate of drug-likeness (QED) is 0.755. The highest BCUT2D eigenvalue weighted by molar-refractivity contribution is 4.95. The molecule has 14 heavy (non-hydrogen) atoms. The lowest BCUT2D eigenvalue weighted by Crippen LogP contribution is -2.14. The summed E-state index contributed by atoms with van der Waals surface area (Å²) in [5.41, 5.74) is -0.183. The Morgan fingerprint density at radius 2 is 2.07 bits per heavy atom. The molecule has 1 saturated carbocycles. The smallest absolute Gasteiger partial charge is 0.293 e. The molecule has 1 aliphatic carbocycles. The molecule has 2 rings (SSSR count). The van der Waals surface area contributed by atoms with Crippen LogP contribution >= 0.6 is 0 Å². The van der Waals surface area contributed by atoms with Crippen LogP contribution in [0.5, 0.6) is 0 Å². The van der Waals surface area contributed by atoms with Gasteiger partial charge in [-0.2, -0.15) is 5.10 Å². The Morgan fingerprint density at radius 1 is 1.36 bits per heavy atom. The maximum absolute atomic E-state index is 10.9. The molecule has 0 unspecified atom stereocenters. The number of nitrogens with one attached hydrogen (secondary N) is 2. The van der Waals surface area contributed by atoms with Gasteiger partial charge in [0.2, 0.25) is 0 Å². The van der Waals surface area contributed by atoms with E-state index in [1.165, 1.54) is 32.1 Å². The maximum Gasteiger partial charge on any atom is 0.340 e. The van der Waals surface area contributed by atoms with E-state index in [1.54, 1.807) is 0 Å². The molecule has 1 heterocycles. The molecular weight excluding hydrogens is 178 g/mol. The Morgan fingerprint density at radius 3 is 2.57 bits per heavy atom. The summed E-state index contributed by atoms with van der Waals surface area (Å²) in [5, 5.41) is 6.43. The van der Waals surface area contributed by atoms with E-state index in [2.05, 4.69) is 22.1 Å². The average molecular weight is 195 g/mol. The first-order valence-corrected chi connectivity index (χ1v) is 5.44. The van der Waals surface area contributed by atoms with Crippen LogP contribution in [-0.4, -0.2) is 15.2 Å². The van der Waals surface area contributed by atoms with Gasteiger partial charge in [-0.25, -0.2) is 9.89 Å². The third-order valence-electron chi connectivity index (χ3n) is 3.33. The standard InChI is InChI=1S/C10H17N3O/c1-2-7-3-5-8(6-4-7)9-11-10(14)13-12-9/h7-8H,2-6H2,1H3,(H2,11,12,13,14). The first-order valence-electron chi connectivity index (χ1n) is 5.44. The molecule has 4 heteroatoms. The van der Waals surface area contributed by atoms with Gasteiger partial charge in [-0.1, -0.05) is 13.3 Å². The molecule has 0 amide bonds. The zero-order chi connectivity index (χ0) is 9.97. The molecule has 0 radical (unpaired) electrons. The minimum absolute atomic E-state index is 0.183. The maximum atomic E-state index is 10.9. The minimum atomic E-state index is -0.183. The van der Waals surface area contributed by atoms with E-state index in [1.807, 2.05) is 0 Å². The molecule has 1 aliphatic rings. The summed E-state index contributed by atoms with van der Waals surface area (Å²) in [5.74, 6) is 2.21. The number of nitrogens with zero attached hydrogens (tertiary/aromatic N) is 1. The molecular formula is C10H17N3O. The second-order valence-corrected chi connectivity index (χ2v) is 4.19. The molecule has 0 atom stereocenters. The fourth-order valence-corrected chi connectivity index (χ4v) is 2.32. The lowest BCUT2D eigenvalue weighted by molar-refractivity contribution is 0.312. The van der Waals surface area contributed by atoms with Gasteiger partial charge in [0.1, 0.15) is 5.82 Å². The molecule has 0 aliphatic heterocycles. The van der Waals surface area contributed by atoms with E-state index < -0.39 is 0 Å². The minimum Gasteiger partial charge on any atom is -0.293 e. The summed E-state index contributed by atoms with van der Waals surface area (Å²) in [6, 6.07) is 0. The highest BCUT2D eigenvalue weighted by Crippen LogP contribution is 2.34. The monoisotopic (exact) mass is 195 g/mol.